The summed E-state index contributed by atoms with van der Waals surface area (Å²) in [6.07, 6.45) is 2.15. The number of benzene rings is 1. The number of amides is 1. The smallest absolute Gasteiger partial charge is 0.273 e. The van der Waals surface area contributed by atoms with Crippen LogP contribution in [0.4, 0.5) is 0 Å². The van der Waals surface area contributed by atoms with E-state index in [1.54, 1.807) is 7.05 Å². The van der Waals surface area contributed by atoms with E-state index >= 15 is 0 Å². The molecular weight excluding hydrogens is 322 g/mol. The minimum absolute atomic E-state index is 0.215. The van der Waals surface area contributed by atoms with E-state index in [1.807, 2.05) is 24.3 Å². The van der Waals surface area contributed by atoms with Crippen LogP contribution < -0.4 is 10.6 Å². The van der Waals surface area contributed by atoms with Crippen LogP contribution >= 0.6 is 15.9 Å². The SMILES string of the molecule is CNCc1nc(C(=O)NCCc2ccc(Br)cc2)co1. The lowest BCUT2D eigenvalue weighted by Crippen LogP contribution is -2.26. The van der Waals surface area contributed by atoms with E-state index in [0.717, 1.165) is 10.9 Å². The number of nitrogens with zero attached hydrogens (tertiary/aromatic N) is 1. The highest BCUT2D eigenvalue weighted by atomic mass is 79.9. The maximum atomic E-state index is 11.8. The minimum atomic E-state index is -0.215. The van der Waals surface area contributed by atoms with Crippen molar-refractivity contribution in [3.8, 4) is 0 Å². The van der Waals surface area contributed by atoms with E-state index in [2.05, 4.69) is 31.5 Å². The third kappa shape index (κ3) is 4.18. The summed E-state index contributed by atoms with van der Waals surface area (Å²) in [6, 6.07) is 8.02. The molecule has 1 aromatic carbocycles. The largest absolute Gasteiger partial charge is 0.447 e. The average Bonchev–Trinajstić information content (AvgIpc) is 2.90. The van der Waals surface area contributed by atoms with Gasteiger partial charge in [0.05, 0.1) is 6.54 Å². The van der Waals surface area contributed by atoms with Crippen molar-refractivity contribution in [2.75, 3.05) is 13.6 Å². The fourth-order valence-corrected chi connectivity index (χ4v) is 1.97. The molecule has 0 aliphatic rings. The number of hydrogen-bond donors (Lipinski definition) is 2. The average molecular weight is 338 g/mol. The molecule has 0 radical (unpaired) electrons. The predicted molar refractivity (Wildman–Crippen MR) is 79.4 cm³/mol. The molecule has 0 aliphatic carbocycles. The summed E-state index contributed by atoms with van der Waals surface area (Å²) in [5, 5.41) is 5.74. The summed E-state index contributed by atoms with van der Waals surface area (Å²) < 4.78 is 6.21. The number of carbonyl (C=O) groups excluding carboxylic acids is 1. The normalized spacial score (nSPS) is 10.5. The van der Waals surface area contributed by atoms with Gasteiger partial charge < -0.3 is 15.1 Å². The van der Waals surface area contributed by atoms with Crippen LogP contribution in [-0.4, -0.2) is 24.5 Å². The van der Waals surface area contributed by atoms with E-state index in [-0.39, 0.29) is 5.91 Å². The van der Waals surface area contributed by atoms with Gasteiger partial charge >= 0.3 is 0 Å². The molecule has 2 rings (SSSR count). The van der Waals surface area contributed by atoms with Crippen molar-refractivity contribution >= 4 is 21.8 Å². The van der Waals surface area contributed by atoms with E-state index in [4.69, 9.17) is 4.42 Å². The van der Waals surface area contributed by atoms with E-state index < -0.39 is 0 Å². The molecule has 20 heavy (non-hydrogen) atoms. The molecule has 0 bridgehead atoms. The molecule has 0 atom stereocenters. The number of carbonyl (C=O) groups is 1. The van der Waals surface area contributed by atoms with Gasteiger partial charge in [-0.25, -0.2) is 4.98 Å². The van der Waals surface area contributed by atoms with Crippen molar-refractivity contribution in [2.45, 2.75) is 13.0 Å². The Hall–Kier alpha value is -1.66. The fraction of sp³-hybridized carbons (Fsp3) is 0.286. The molecule has 1 amide bonds. The molecule has 0 spiro atoms. The van der Waals surface area contributed by atoms with Crippen LogP contribution in [-0.2, 0) is 13.0 Å². The Morgan fingerprint density at radius 1 is 1.35 bits per heavy atom. The monoisotopic (exact) mass is 337 g/mol. The Morgan fingerprint density at radius 2 is 2.10 bits per heavy atom. The maximum absolute atomic E-state index is 11.8. The topological polar surface area (TPSA) is 67.2 Å². The highest BCUT2D eigenvalue weighted by Crippen LogP contribution is 2.10. The summed E-state index contributed by atoms with van der Waals surface area (Å²) in [4.78, 5) is 15.9. The molecule has 2 aromatic rings. The molecule has 106 valence electrons. The number of rotatable bonds is 6. The molecule has 0 unspecified atom stereocenters. The first kappa shape index (κ1) is 14.7. The maximum Gasteiger partial charge on any atom is 0.273 e. The predicted octanol–water partition coefficient (Wildman–Crippen LogP) is 2.13. The Labute approximate surface area is 125 Å². The van der Waals surface area contributed by atoms with Crippen molar-refractivity contribution < 1.29 is 9.21 Å². The lowest BCUT2D eigenvalue weighted by Gasteiger charge is -2.03. The molecule has 1 heterocycles. The number of halogens is 1. The van der Waals surface area contributed by atoms with Crippen LogP contribution in [0, 0.1) is 0 Å². The number of hydrogen-bond acceptors (Lipinski definition) is 4. The lowest BCUT2D eigenvalue weighted by molar-refractivity contribution is 0.0949. The lowest BCUT2D eigenvalue weighted by atomic mass is 10.1. The zero-order valence-corrected chi connectivity index (χ0v) is 12.7. The van der Waals surface area contributed by atoms with Crippen LogP contribution in [0.15, 0.2) is 39.4 Å². The highest BCUT2D eigenvalue weighted by molar-refractivity contribution is 9.10. The zero-order valence-electron chi connectivity index (χ0n) is 11.1. The Balaban J connectivity index is 1.81. The summed E-state index contributed by atoms with van der Waals surface area (Å²) in [5.74, 6) is 0.291. The molecular formula is C14H16BrN3O2. The second kappa shape index (κ2) is 7.21. The summed E-state index contributed by atoms with van der Waals surface area (Å²) in [5.41, 5.74) is 1.48. The van der Waals surface area contributed by atoms with Crippen LogP contribution in [0.2, 0.25) is 0 Å². The van der Waals surface area contributed by atoms with Crippen LogP contribution in [0.5, 0.6) is 0 Å². The summed E-state index contributed by atoms with van der Waals surface area (Å²) >= 11 is 3.39. The number of nitrogens with one attached hydrogen (secondary N) is 2. The first-order valence-electron chi connectivity index (χ1n) is 6.30. The van der Waals surface area contributed by atoms with Crippen molar-refractivity contribution in [3.63, 3.8) is 0 Å². The Bertz CT molecular complexity index is 566. The third-order valence-corrected chi connectivity index (χ3v) is 3.25. The van der Waals surface area contributed by atoms with Gasteiger partial charge in [0, 0.05) is 11.0 Å². The third-order valence-electron chi connectivity index (χ3n) is 2.72. The minimum Gasteiger partial charge on any atom is -0.447 e. The number of oxazole rings is 1. The van der Waals surface area contributed by atoms with Crippen molar-refractivity contribution in [1.29, 1.82) is 0 Å². The first-order valence-corrected chi connectivity index (χ1v) is 7.10. The van der Waals surface area contributed by atoms with Crippen LogP contribution in [0.3, 0.4) is 0 Å². The molecule has 2 N–H and O–H groups in total. The standard InChI is InChI=1S/C14H16BrN3O2/c1-16-8-13-18-12(9-20-13)14(19)17-7-6-10-2-4-11(15)5-3-10/h2-5,9,16H,6-8H2,1H3,(H,17,19). The quantitative estimate of drug-likeness (QED) is 0.847. The Morgan fingerprint density at radius 3 is 2.80 bits per heavy atom. The molecule has 0 aliphatic heterocycles. The number of aromatic nitrogens is 1. The second-order valence-electron chi connectivity index (χ2n) is 4.29. The van der Waals surface area contributed by atoms with Gasteiger partial charge in [-0.15, -0.1) is 0 Å². The van der Waals surface area contributed by atoms with Crippen molar-refractivity contribution in [1.82, 2.24) is 15.6 Å². The van der Waals surface area contributed by atoms with Crippen LogP contribution in [0.25, 0.3) is 0 Å². The molecule has 5 nitrogen and oxygen atoms in total. The first-order chi connectivity index (χ1) is 9.69. The summed E-state index contributed by atoms with van der Waals surface area (Å²) in [6.45, 7) is 1.07. The van der Waals surface area contributed by atoms with E-state index in [1.165, 1.54) is 11.8 Å². The molecule has 0 saturated carbocycles. The van der Waals surface area contributed by atoms with Gasteiger partial charge in [0.1, 0.15) is 6.26 Å². The Kier molecular flexibility index (Phi) is 5.31. The highest BCUT2D eigenvalue weighted by Gasteiger charge is 2.11. The van der Waals surface area contributed by atoms with Gasteiger partial charge in [-0.3, -0.25) is 4.79 Å². The molecule has 0 fully saturated rings. The second-order valence-corrected chi connectivity index (χ2v) is 5.20. The van der Waals surface area contributed by atoms with Crippen molar-refractivity contribution in [3.05, 3.63) is 52.1 Å². The molecule has 0 saturated heterocycles. The van der Waals surface area contributed by atoms with E-state index in [9.17, 15) is 4.79 Å². The fourth-order valence-electron chi connectivity index (χ4n) is 1.71. The van der Waals surface area contributed by atoms with Gasteiger partial charge in [-0.2, -0.15) is 0 Å². The molecule has 6 heteroatoms. The van der Waals surface area contributed by atoms with Crippen LogP contribution in [0.1, 0.15) is 21.9 Å². The summed E-state index contributed by atoms with van der Waals surface area (Å²) in [7, 11) is 1.79. The van der Waals surface area contributed by atoms with Crippen molar-refractivity contribution in [2.24, 2.45) is 0 Å². The zero-order chi connectivity index (χ0) is 14.4. The van der Waals surface area contributed by atoms with Gasteiger partial charge in [0.25, 0.3) is 5.91 Å². The van der Waals surface area contributed by atoms with Gasteiger partial charge in [0.2, 0.25) is 5.89 Å². The molecule has 1 aromatic heterocycles. The van der Waals surface area contributed by atoms with Gasteiger partial charge in [0.15, 0.2) is 5.69 Å². The van der Waals surface area contributed by atoms with Gasteiger partial charge in [-0.05, 0) is 31.2 Å². The van der Waals surface area contributed by atoms with E-state index in [0.29, 0.717) is 24.7 Å². The van der Waals surface area contributed by atoms with Gasteiger partial charge in [-0.1, -0.05) is 28.1 Å².